The van der Waals surface area contributed by atoms with Crippen molar-refractivity contribution < 1.29 is 28.5 Å². The summed E-state index contributed by atoms with van der Waals surface area (Å²) in [4.78, 5) is 14.9. The summed E-state index contributed by atoms with van der Waals surface area (Å²) in [7, 11) is 5.30. The molecule has 0 spiro atoms. The minimum absolute atomic E-state index is 0.118. The summed E-state index contributed by atoms with van der Waals surface area (Å²) in [5.74, 6) is 2.06. The molecule has 0 unspecified atom stereocenters. The molecule has 2 atom stereocenters. The highest BCUT2D eigenvalue weighted by molar-refractivity contribution is 5.98. The van der Waals surface area contributed by atoms with Gasteiger partial charge >= 0.3 is 5.97 Å². The van der Waals surface area contributed by atoms with Crippen molar-refractivity contribution in [1.82, 2.24) is 4.90 Å². The number of likely N-dealkylation sites (N-methyl/N-ethyl adjacent to an activating group) is 1. The van der Waals surface area contributed by atoms with Gasteiger partial charge < -0.3 is 23.7 Å². The summed E-state index contributed by atoms with van der Waals surface area (Å²) < 4.78 is 27.8. The summed E-state index contributed by atoms with van der Waals surface area (Å²) >= 11 is 0. The number of ether oxygens (including phenoxy) is 5. The van der Waals surface area contributed by atoms with Crippen LogP contribution in [0.1, 0.15) is 39.2 Å². The largest absolute Gasteiger partial charge is 0.493 e. The molecular formula is C21H21NO6. The lowest BCUT2D eigenvalue weighted by molar-refractivity contribution is 0.00928. The van der Waals surface area contributed by atoms with Crippen molar-refractivity contribution >= 4 is 5.97 Å². The van der Waals surface area contributed by atoms with E-state index in [0.717, 1.165) is 24.1 Å². The van der Waals surface area contributed by atoms with Gasteiger partial charge in [0.25, 0.3) is 0 Å². The Bertz CT molecular complexity index is 972. The number of fused-ring (bicyclic) bond motifs is 4. The molecule has 0 aromatic heterocycles. The monoisotopic (exact) mass is 383 g/mol. The zero-order chi connectivity index (χ0) is 19.4. The van der Waals surface area contributed by atoms with Crippen LogP contribution in [0, 0.1) is 0 Å². The molecule has 3 aliphatic rings. The highest BCUT2D eigenvalue weighted by Crippen LogP contribution is 2.51. The number of nitrogens with zero attached hydrogens (tertiary/aromatic N) is 1. The molecule has 0 aliphatic carbocycles. The molecule has 28 heavy (non-hydrogen) atoms. The normalized spacial score (nSPS) is 22.5. The molecule has 2 aromatic carbocycles. The standard InChI is InChI=1S/C21H21NO6/c1-22-7-6-11-8-15(24-2)16(25-3)9-13(11)18(22)19-12-4-5-14-20(27-10-26-14)17(12)21(23)28-19/h4-5,8-9,18-19H,6-7,10H2,1-3H3/t18-,19+/m1/s1. The third-order valence-corrected chi connectivity index (χ3v) is 5.78. The van der Waals surface area contributed by atoms with E-state index in [1.54, 1.807) is 14.2 Å². The maximum absolute atomic E-state index is 12.7. The maximum atomic E-state index is 12.7. The zero-order valence-corrected chi connectivity index (χ0v) is 16.0. The second-order valence-electron chi connectivity index (χ2n) is 7.17. The van der Waals surface area contributed by atoms with E-state index in [4.69, 9.17) is 23.7 Å². The van der Waals surface area contributed by atoms with Crippen molar-refractivity contribution in [1.29, 1.82) is 0 Å². The fraction of sp³-hybridized carbons (Fsp3) is 0.381. The molecule has 7 nitrogen and oxygen atoms in total. The minimum atomic E-state index is -0.431. The molecule has 0 bridgehead atoms. The first-order chi connectivity index (χ1) is 13.6. The van der Waals surface area contributed by atoms with E-state index in [-0.39, 0.29) is 18.8 Å². The van der Waals surface area contributed by atoms with Crippen molar-refractivity contribution in [2.24, 2.45) is 0 Å². The topological polar surface area (TPSA) is 66.5 Å². The lowest BCUT2D eigenvalue weighted by Gasteiger charge is -2.38. The molecule has 3 aliphatic heterocycles. The zero-order valence-electron chi connectivity index (χ0n) is 16.0. The van der Waals surface area contributed by atoms with Crippen LogP contribution in [0.15, 0.2) is 24.3 Å². The van der Waals surface area contributed by atoms with E-state index >= 15 is 0 Å². The third-order valence-electron chi connectivity index (χ3n) is 5.78. The first kappa shape index (κ1) is 17.2. The van der Waals surface area contributed by atoms with Gasteiger partial charge in [-0.3, -0.25) is 4.90 Å². The lowest BCUT2D eigenvalue weighted by atomic mass is 9.86. The summed E-state index contributed by atoms with van der Waals surface area (Å²) in [6.07, 6.45) is 0.455. The number of hydrogen-bond acceptors (Lipinski definition) is 7. The number of carbonyl (C=O) groups is 1. The summed E-state index contributed by atoms with van der Waals surface area (Å²) in [6, 6.07) is 7.63. The summed E-state index contributed by atoms with van der Waals surface area (Å²) in [5.41, 5.74) is 3.55. The number of benzene rings is 2. The number of carbonyl (C=O) groups excluding carboxylic acids is 1. The van der Waals surface area contributed by atoms with E-state index in [2.05, 4.69) is 4.90 Å². The quantitative estimate of drug-likeness (QED) is 0.755. The first-order valence-corrected chi connectivity index (χ1v) is 9.21. The van der Waals surface area contributed by atoms with Crippen LogP contribution in [0.4, 0.5) is 0 Å². The van der Waals surface area contributed by atoms with Gasteiger partial charge in [-0.1, -0.05) is 6.07 Å². The molecular weight excluding hydrogens is 362 g/mol. The van der Waals surface area contributed by atoms with Gasteiger partial charge in [0.05, 0.1) is 20.3 Å². The van der Waals surface area contributed by atoms with E-state index < -0.39 is 6.10 Å². The molecule has 0 radical (unpaired) electrons. The van der Waals surface area contributed by atoms with Gasteiger partial charge in [0, 0.05) is 12.1 Å². The summed E-state index contributed by atoms with van der Waals surface area (Å²) in [6.45, 7) is 0.966. The fourth-order valence-corrected chi connectivity index (χ4v) is 4.40. The van der Waals surface area contributed by atoms with Gasteiger partial charge in [-0.05, 0) is 42.8 Å². The van der Waals surface area contributed by atoms with Crippen molar-refractivity contribution in [2.75, 3.05) is 34.6 Å². The highest BCUT2D eigenvalue weighted by atomic mass is 16.7. The molecule has 0 fully saturated rings. The Morgan fingerprint density at radius 2 is 1.86 bits per heavy atom. The smallest absolute Gasteiger partial charge is 0.343 e. The predicted molar refractivity (Wildman–Crippen MR) is 99.3 cm³/mol. The van der Waals surface area contributed by atoms with Gasteiger partial charge in [0.1, 0.15) is 11.7 Å². The number of cyclic esters (lactones) is 1. The highest BCUT2D eigenvalue weighted by Gasteiger charge is 2.44. The average Bonchev–Trinajstić information content (AvgIpc) is 3.31. The SMILES string of the molecule is COc1cc2c(cc1OC)[C@H]([C@H]1OC(=O)c3c1ccc1c3OCO1)N(C)CC2. The molecule has 0 N–H and O–H groups in total. The number of esters is 1. The van der Waals surface area contributed by atoms with Crippen LogP contribution < -0.4 is 18.9 Å². The second kappa shape index (κ2) is 6.31. The molecule has 3 heterocycles. The van der Waals surface area contributed by atoms with Crippen LogP contribution in [0.5, 0.6) is 23.0 Å². The molecule has 7 heteroatoms. The number of hydrogen-bond donors (Lipinski definition) is 0. The Labute approximate surface area is 162 Å². The van der Waals surface area contributed by atoms with Gasteiger partial charge in [-0.2, -0.15) is 0 Å². The van der Waals surface area contributed by atoms with Crippen LogP contribution in [0.3, 0.4) is 0 Å². The average molecular weight is 383 g/mol. The molecule has 2 aromatic rings. The van der Waals surface area contributed by atoms with Crippen LogP contribution in [-0.4, -0.2) is 45.5 Å². The van der Waals surface area contributed by atoms with Gasteiger partial charge in [-0.25, -0.2) is 4.79 Å². The Hall–Kier alpha value is -2.93. The van der Waals surface area contributed by atoms with E-state index in [0.29, 0.717) is 28.6 Å². The Balaban J connectivity index is 1.63. The first-order valence-electron chi connectivity index (χ1n) is 9.21. The Morgan fingerprint density at radius 1 is 1.07 bits per heavy atom. The van der Waals surface area contributed by atoms with E-state index in [9.17, 15) is 4.79 Å². The van der Waals surface area contributed by atoms with Crippen molar-refractivity contribution in [3.8, 4) is 23.0 Å². The molecule has 0 saturated heterocycles. The maximum Gasteiger partial charge on any atom is 0.343 e. The minimum Gasteiger partial charge on any atom is -0.493 e. The van der Waals surface area contributed by atoms with Crippen LogP contribution in [-0.2, 0) is 11.2 Å². The van der Waals surface area contributed by atoms with Gasteiger partial charge in [0.15, 0.2) is 23.0 Å². The lowest BCUT2D eigenvalue weighted by Crippen LogP contribution is -2.36. The number of rotatable bonds is 3. The predicted octanol–water partition coefficient (Wildman–Crippen LogP) is 2.87. The second-order valence-corrected chi connectivity index (χ2v) is 7.17. The van der Waals surface area contributed by atoms with Gasteiger partial charge in [0.2, 0.25) is 6.79 Å². The number of methoxy groups -OCH3 is 2. The molecule has 5 rings (SSSR count). The van der Waals surface area contributed by atoms with E-state index in [1.807, 2.05) is 31.3 Å². The van der Waals surface area contributed by atoms with Crippen molar-refractivity contribution in [3.05, 3.63) is 46.5 Å². The Morgan fingerprint density at radius 3 is 2.64 bits per heavy atom. The fourth-order valence-electron chi connectivity index (χ4n) is 4.40. The third kappa shape index (κ3) is 2.36. The van der Waals surface area contributed by atoms with E-state index in [1.165, 1.54) is 5.56 Å². The molecule has 0 saturated carbocycles. The van der Waals surface area contributed by atoms with Crippen LogP contribution >= 0.6 is 0 Å². The summed E-state index contributed by atoms with van der Waals surface area (Å²) in [5, 5.41) is 0. The molecule has 0 amide bonds. The Kier molecular flexibility index (Phi) is 3.87. The van der Waals surface area contributed by atoms with Gasteiger partial charge in [-0.15, -0.1) is 0 Å². The van der Waals surface area contributed by atoms with Crippen LogP contribution in [0.25, 0.3) is 0 Å². The molecule has 146 valence electrons. The van der Waals surface area contributed by atoms with Crippen molar-refractivity contribution in [2.45, 2.75) is 18.6 Å². The van der Waals surface area contributed by atoms with Crippen molar-refractivity contribution in [3.63, 3.8) is 0 Å². The van der Waals surface area contributed by atoms with Crippen LogP contribution in [0.2, 0.25) is 0 Å².